The van der Waals surface area contributed by atoms with E-state index in [1.807, 2.05) is 5.32 Å². The number of methoxy groups -OCH3 is 1. The van der Waals surface area contributed by atoms with Crippen LogP contribution in [-0.2, 0) is 9.53 Å². The van der Waals surface area contributed by atoms with E-state index in [1.54, 1.807) is 6.07 Å². The van der Waals surface area contributed by atoms with Gasteiger partial charge in [0.1, 0.15) is 5.75 Å². The number of halogens is 1. The molecule has 8 heteroatoms. The van der Waals surface area contributed by atoms with Crippen molar-refractivity contribution in [2.45, 2.75) is 13.0 Å². The van der Waals surface area contributed by atoms with Crippen LogP contribution < -0.4 is 15.8 Å². The number of nitrogens with one attached hydrogen (secondary N) is 1. The van der Waals surface area contributed by atoms with Crippen molar-refractivity contribution in [3.8, 4) is 5.75 Å². The van der Waals surface area contributed by atoms with Crippen molar-refractivity contribution in [1.82, 2.24) is 5.32 Å². The second-order valence-electron chi connectivity index (χ2n) is 3.75. The normalized spacial score (nSPS) is 11.3. The molecule has 1 aromatic rings. The first kappa shape index (κ1) is 16.0. The van der Waals surface area contributed by atoms with Crippen molar-refractivity contribution >= 4 is 33.8 Å². The van der Waals surface area contributed by atoms with E-state index < -0.39 is 24.0 Å². The maximum Gasteiger partial charge on any atom is 0.338 e. The van der Waals surface area contributed by atoms with Crippen LogP contribution in [0.4, 0.5) is 4.79 Å². The monoisotopic (exact) mass is 344 g/mol. The van der Waals surface area contributed by atoms with Gasteiger partial charge in [0.15, 0.2) is 6.10 Å². The third-order valence-corrected chi connectivity index (χ3v) is 2.91. The molecule has 1 aromatic carbocycles. The van der Waals surface area contributed by atoms with Gasteiger partial charge in [-0.2, -0.15) is 0 Å². The lowest BCUT2D eigenvalue weighted by Gasteiger charge is -2.12. The second kappa shape index (κ2) is 6.90. The minimum Gasteiger partial charge on any atom is -0.496 e. The molecule has 1 rings (SSSR count). The highest BCUT2D eigenvalue weighted by Crippen LogP contribution is 2.25. The summed E-state index contributed by atoms with van der Waals surface area (Å²) in [7, 11) is 1.49. The van der Waals surface area contributed by atoms with Crippen LogP contribution in [0.15, 0.2) is 22.7 Å². The molecule has 108 valence electrons. The van der Waals surface area contributed by atoms with Gasteiger partial charge in [0.05, 0.1) is 17.1 Å². The van der Waals surface area contributed by atoms with Gasteiger partial charge < -0.3 is 15.2 Å². The third kappa shape index (κ3) is 4.23. The zero-order valence-electron chi connectivity index (χ0n) is 10.8. The van der Waals surface area contributed by atoms with Crippen LogP contribution >= 0.6 is 15.9 Å². The van der Waals surface area contributed by atoms with Gasteiger partial charge in [0, 0.05) is 0 Å². The smallest absolute Gasteiger partial charge is 0.338 e. The minimum absolute atomic E-state index is 0.233. The Bertz CT molecular complexity index is 547. The van der Waals surface area contributed by atoms with Crippen molar-refractivity contribution in [2.24, 2.45) is 5.73 Å². The van der Waals surface area contributed by atoms with Crippen LogP contribution in [0, 0.1) is 0 Å². The average Bonchev–Trinajstić information content (AvgIpc) is 2.37. The van der Waals surface area contributed by atoms with Crippen LogP contribution in [-0.4, -0.2) is 31.1 Å². The Balaban J connectivity index is 2.73. The lowest BCUT2D eigenvalue weighted by molar-refractivity contribution is -0.127. The van der Waals surface area contributed by atoms with Crippen LogP contribution in [0.25, 0.3) is 0 Å². The molecule has 1 atom stereocenters. The van der Waals surface area contributed by atoms with Crippen molar-refractivity contribution < 1.29 is 23.9 Å². The number of carbonyl (C=O) groups is 3. The number of urea groups is 1. The Kier molecular flexibility index (Phi) is 5.51. The van der Waals surface area contributed by atoms with Crippen LogP contribution in [0.5, 0.6) is 5.75 Å². The number of hydrogen-bond acceptors (Lipinski definition) is 5. The summed E-state index contributed by atoms with van der Waals surface area (Å²) < 4.78 is 10.5. The Morgan fingerprint density at radius 3 is 2.50 bits per heavy atom. The number of imide groups is 1. The highest BCUT2D eigenvalue weighted by Gasteiger charge is 2.20. The quantitative estimate of drug-likeness (QED) is 0.797. The van der Waals surface area contributed by atoms with Crippen molar-refractivity contribution in [1.29, 1.82) is 0 Å². The number of esters is 1. The number of rotatable bonds is 4. The van der Waals surface area contributed by atoms with Crippen LogP contribution in [0.2, 0.25) is 0 Å². The molecule has 0 radical (unpaired) electrons. The summed E-state index contributed by atoms with van der Waals surface area (Å²) in [5.74, 6) is -0.944. The first-order chi connectivity index (χ1) is 9.35. The lowest BCUT2D eigenvalue weighted by atomic mass is 10.2. The molecule has 0 aliphatic rings. The number of carbonyl (C=O) groups excluding carboxylic acids is 3. The van der Waals surface area contributed by atoms with E-state index in [1.165, 1.54) is 26.2 Å². The van der Waals surface area contributed by atoms with E-state index in [9.17, 15) is 14.4 Å². The number of hydrogen-bond donors (Lipinski definition) is 2. The maximum atomic E-state index is 11.8. The first-order valence-corrected chi connectivity index (χ1v) is 6.29. The number of ether oxygens (including phenoxy) is 2. The largest absolute Gasteiger partial charge is 0.496 e. The summed E-state index contributed by atoms with van der Waals surface area (Å²) in [6, 6.07) is 3.56. The molecule has 7 nitrogen and oxygen atoms in total. The molecule has 0 saturated carbocycles. The Labute approximate surface area is 123 Å². The number of primary amides is 1. The SMILES string of the molecule is COc1ccc(C(=O)O[C@@H](C)C(=O)NC(N)=O)cc1Br. The van der Waals surface area contributed by atoms with Crippen molar-refractivity contribution in [3.05, 3.63) is 28.2 Å². The van der Waals surface area contributed by atoms with E-state index in [0.29, 0.717) is 10.2 Å². The zero-order chi connectivity index (χ0) is 15.3. The summed E-state index contributed by atoms with van der Waals surface area (Å²) in [5.41, 5.74) is 5.03. The molecule has 0 spiro atoms. The van der Waals surface area contributed by atoms with Crippen LogP contribution in [0.1, 0.15) is 17.3 Å². The van der Waals surface area contributed by atoms with Crippen molar-refractivity contribution in [2.75, 3.05) is 7.11 Å². The van der Waals surface area contributed by atoms with E-state index in [4.69, 9.17) is 15.2 Å². The molecule has 20 heavy (non-hydrogen) atoms. The van der Waals surface area contributed by atoms with Gasteiger partial charge in [-0.1, -0.05) is 0 Å². The topological polar surface area (TPSA) is 108 Å². The van der Waals surface area contributed by atoms with Gasteiger partial charge in [-0.15, -0.1) is 0 Å². The maximum absolute atomic E-state index is 11.8. The summed E-state index contributed by atoms with van der Waals surface area (Å²) in [5, 5.41) is 1.82. The highest BCUT2D eigenvalue weighted by atomic mass is 79.9. The molecular formula is C12H13BrN2O5. The number of nitrogens with two attached hydrogens (primary N) is 1. The van der Waals surface area contributed by atoms with Gasteiger partial charge in [-0.25, -0.2) is 9.59 Å². The van der Waals surface area contributed by atoms with E-state index in [0.717, 1.165) is 0 Å². The van der Waals surface area contributed by atoms with Crippen molar-refractivity contribution in [3.63, 3.8) is 0 Å². The van der Waals surface area contributed by atoms with E-state index in [-0.39, 0.29) is 5.56 Å². The van der Waals surface area contributed by atoms with Gasteiger partial charge in [-0.05, 0) is 41.1 Å². The fourth-order valence-corrected chi connectivity index (χ4v) is 1.84. The molecule has 0 aromatic heterocycles. The Hall–Kier alpha value is -2.09. The molecule has 0 aliphatic heterocycles. The van der Waals surface area contributed by atoms with Crippen LogP contribution in [0.3, 0.4) is 0 Å². The van der Waals surface area contributed by atoms with Gasteiger partial charge in [0.25, 0.3) is 5.91 Å². The molecule has 3 amide bonds. The lowest BCUT2D eigenvalue weighted by Crippen LogP contribution is -2.42. The first-order valence-electron chi connectivity index (χ1n) is 5.50. The predicted molar refractivity (Wildman–Crippen MR) is 73.3 cm³/mol. The molecular weight excluding hydrogens is 332 g/mol. The molecule has 0 fully saturated rings. The summed E-state index contributed by atoms with van der Waals surface area (Å²) in [6.45, 7) is 1.33. The Morgan fingerprint density at radius 1 is 1.35 bits per heavy atom. The minimum atomic E-state index is -1.14. The zero-order valence-corrected chi connectivity index (χ0v) is 12.4. The molecule has 0 unspecified atom stereocenters. The predicted octanol–water partition coefficient (Wildman–Crippen LogP) is 1.20. The number of benzene rings is 1. The average molecular weight is 345 g/mol. The van der Waals surface area contributed by atoms with Gasteiger partial charge in [0.2, 0.25) is 0 Å². The fourth-order valence-electron chi connectivity index (χ4n) is 1.30. The van der Waals surface area contributed by atoms with Gasteiger partial charge >= 0.3 is 12.0 Å². The third-order valence-electron chi connectivity index (χ3n) is 2.29. The Morgan fingerprint density at radius 2 is 2.00 bits per heavy atom. The highest BCUT2D eigenvalue weighted by molar-refractivity contribution is 9.10. The van der Waals surface area contributed by atoms with E-state index in [2.05, 4.69) is 15.9 Å². The molecule has 0 aliphatic carbocycles. The summed E-state index contributed by atoms with van der Waals surface area (Å²) in [6.07, 6.45) is -1.14. The molecule has 0 bridgehead atoms. The summed E-state index contributed by atoms with van der Waals surface area (Å²) in [4.78, 5) is 33.7. The molecule has 3 N–H and O–H groups in total. The fraction of sp³-hybridized carbons (Fsp3) is 0.250. The standard InChI is InChI=1S/C12H13BrN2O5/c1-6(10(16)15-12(14)18)20-11(17)7-3-4-9(19-2)8(13)5-7/h3-6H,1-2H3,(H3,14,15,16,18)/t6-/m0/s1. The number of amides is 3. The second-order valence-corrected chi connectivity index (χ2v) is 4.60. The molecule has 0 heterocycles. The van der Waals surface area contributed by atoms with E-state index >= 15 is 0 Å². The summed E-state index contributed by atoms with van der Waals surface area (Å²) >= 11 is 3.23. The van der Waals surface area contributed by atoms with Gasteiger partial charge in [-0.3, -0.25) is 10.1 Å². The molecule has 0 saturated heterocycles.